The van der Waals surface area contributed by atoms with Crippen molar-refractivity contribution in [2.75, 3.05) is 6.61 Å². The zero-order valence-electron chi connectivity index (χ0n) is 19.0. The van der Waals surface area contributed by atoms with Gasteiger partial charge in [0.2, 0.25) is 0 Å². The monoisotopic (exact) mass is 503 g/mol. The van der Waals surface area contributed by atoms with E-state index in [0.29, 0.717) is 5.56 Å². The first-order valence-electron chi connectivity index (χ1n) is 10.5. The minimum absolute atomic E-state index is 0.0791. The van der Waals surface area contributed by atoms with Gasteiger partial charge < -0.3 is 25.2 Å². The summed E-state index contributed by atoms with van der Waals surface area (Å²) in [5.74, 6) is -2.40. The van der Waals surface area contributed by atoms with Crippen molar-refractivity contribution in [2.45, 2.75) is 38.5 Å². The lowest BCUT2D eigenvalue weighted by atomic mass is 10.0. The molecule has 3 atom stereocenters. The third-order valence-corrected chi connectivity index (χ3v) is 5.00. The molecule has 2 aromatic rings. The lowest BCUT2D eigenvalue weighted by Gasteiger charge is -2.29. The van der Waals surface area contributed by atoms with Crippen LogP contribution in [-0.2, 0) is 30.3 Å². The highest BCUT2D eigenvalue weighted by atomic mass is 32.1. The van der Waals surface area contributed by atoms with Crippen molar-refractivity contribution >= 4 is 40.9 Å². The summed E-state index contributed by atoms with van der Waals surface area (Å²) in [5, 5.41) is 26.1. The Morgan fingerprint density at radius 3 is 2.17 bits per heavy atom. The van der Waals surface area contributed by atoms with E-state index in [1.807, 2.05) is 6.07 Å². The second-order valence-corrected chi connectivity index (χ2v) is 7.89. The zero-order valence-corrected chi connectivity index (χ0v) is 19.8. The van der Waals surface area contributed by atoms with E-state index in [1.54, 1.807) is 24.3 Å². The fourth-order valence-electron chi connectivity index (χ4n) is 3.18. The number of esters is 2. The van der Waals surface area contributed by atoms with E-state index in [-0.39, 0.29) is 23.8 Å². The van der Waals surface area contributed by atoms with E-state index < -0.39 is 41.0 Å². The molecule has 0 saturated carbocycles. The Balaban J connectivity index is 2.26. The number of nitrogens with one attached hydrogen (secondary N) is 2. The van der Waals surface area contributed by atoms with Crippen LogP contribution in [0.1, 0.15) is 31.1 Å². The van der Waals surface area contributed by atoms with Crippen LogP contribution in [0, 0.1) is 10.1 Å². The number of benzene rings is 2. The van der Waals surface area contributed by atoms with Gasteiger partial charge in [0.05, 0.1) is 4.92 Å². The van der Waals surface area contributed by atoms with Gasteiger partial charge in [-0.05, 0) is 35.5 Å². The van der Waals surface area contributed by atoms with Gasteiger partial charge in [-0.2, -0.15) is 0 Å². The number of nitro groups is 1. The molecular weight excluding hydrogens is 478 g/mol. The average Bonchev–Trinajstić information content (AvgIpc) is 2.80. The Labute approximate surface area is 206 Å². The quantitative estimate of drug-likeness (QED) is 0.179. The highest BCUT2D eigenvalue weighted by Gasteiger charge is 2.30. The van der Waals surface area contributed by atoms with Crippen LogP contribution in [0.4, 0.5) is 5.69 Å². The van der Waals surface area contributed by atoms with Gasteiger partial charge >= 0.3 is 17.9 Å². The topological polar surface area (TPSA) is 157 Å². The molecule has 0 aliphatic rings. The van der Waals surface area contributed by atoms with Crippen LogP contribution in [-0.4, -0.2) is 51.7 Å². The number of aliphatic carboxylic acids is 1. The van der Waals surface area contributed by atoms with Crippen molar-refractivity contribution in [3.05, 3.63) is 75.8 Å². The van der Waals surface area contributed by atoms with Gasteiger partial charge in [-0.15, -0.1) is 0 Å². The second-order valence-electron chi connectivity index (χ2n) is 7.49. The standard InChI is InChI=1S/C23H25N3O8S/c1-14(27)33-13-20(21(34-15(2)28)17-8-10-18(11-9-17)26(31)32)25-23(35)24-19(22(29)30)12-16-6-4-3-5-7-16/h3-11,19-21H,12-13H2,1-2H3,(H,29,30)(H2,24,25,35)/t19-,20-,21-/m0/s1. The molecule has 0 unspecified atom stereocenters. The number of ether oxygens (including phenoxy) is 2. The molecule has 0 aliphatic carbocycles. The average molecular weight is 504 g/mol. The molecule has 0 fully saturated rings. The number of carbonyl (C=O) groups is 3. The third kappa shape index (κ3) is 9.01. The lowest BCUT2D eigenvalue weighted by Crippen LogP contribution is -2.52. The first kappa shape index (κ1) is 27.2. The molecule has 35 heavy (non-hydrogen) atoms. The summed E-state index contributed by atoms with van der Waals surface area (Å²) in [6.07, 6.45) is -0.924. The molecule has 3 N–H and O–H groups in total. The molecule has 0 amide bonds. The normalized spacial score (nSPS) is 13.0. The number of rotatable bonds is 11. The molecule has 0 spiro atoms. The molecule has 2 aromatic carbocycles. The highest BCUT2D eigenvalue weighted by Crippen LogP contribution is 2.25. The van der Waals surface area contributed by atoms with Gasteiger partial charge in [-0.1, -0.05) is 30.3 Å². The number of carbonyl (C=O) groups excluding carboxylic acids is 2. The van der Waals surface area contributed by atoms with E-state index >= 15 is 0 Å². The summed E-state index contributed by atoms with van der Waals surface area (Å²) in [6, 6.07) is 12.2. The molecule has 0 bridgehead atoms. The number of carboxylic acids is 1. The maximum atomic E-state index is 11.8. The van der Waals surface area contributed by atoms with Crippen molar-refractivity contribution in [3.8, 4) is 0 Å². The predicted molar refractivity (Wildman–Crippen MR) is 128 cm³/mol. The number of hydrogen-bond acceptors (Lipinski definition) is 8. The van der Waals surface area contributed by atoms with E-state index in [9.17, 15) is 29.6 Å². The predicted octanol–water partition coefficient (Wildman–Crippen LogP) is 2.29. The van der Waals surface area contributed by atoms with E-state index in [2.05, 4.69) is 10.6 Å². The number of nitro benzene ring substituents is 1. The fraction of sp³-hybridized carbons (Fsp3) is 0.304. The molecule has 186 valence electrons. The first-order chi connectivity index (χ1) is 16.6. The number of carboxylic acid groups (broad SMARTS) is 1. The summed E-state index contributed by atoms with van der Waals surface area (Å²) >= 11 is 5.30. The van der Waals surface area contributed by atoms with E-state index in [4.69, 9.17) is 21.7 Å². The van der Waals surface area contributed by atoms with Crippen molar-refractivity contribution in [2.24, 2.45) is 0 Å². The van der Waals surface area contributed by atoms with Gasteiger partial charge in [0.1, 0.15) is 18.7 Å². The number of hydrogen-bond donors (Lipinski definition) is 3. The Kier molecular flexibility index (Phi) is 10.1. The van der Waals surface area contributed by atoms with E-state index in [1.165, 1.54) is 38.1 Å². The molecule has 11 nitrogen and oxygen atoms in total. The largest absolute Gasteiger partial charge is 0.480 e. The summed E-state index contributed by atoms with van der Waals surface area (Å²) in [5.41, 5.74) is 0.981. The Morgan fingerprint density at radius 2 is 1.66 bits per heavy atom. The van der Waals surface area contributed by atoms with Crippen molar-refractivity contribution < 1.29 is 33.9 Å². The summed E-state index contributed by atoms with van der Waals surface area (Å²) < 4.78 is 10.5. The number of nitrogens with zero attached hydrogens (tertiary/aromatic N) is 1. The van der Waals surface area contributed by atoms with Crippen LogP contribution in [0.25, 0.3) is 0 Å². The van der Waals surface area contributed by atoms with Crippen LogP contribution in [0.3, 0.4) is 0 Å². The summed E-state index contributed by atoms with van der Waals surface area (Å²) in [4.78, 5) is 45.4. The molecule has 0 radical (unpaired) electrons. The lowest BCUT2D eigenvalue weighted by molar-refractivity contribution is -0.384. The molecule has 0 aliphatic heterocycles. The minimum Gasteiger partial charge on any atom is -0.480 e. The Bertz CT molecular complexity index is 1060. The second kappa shape index (κ2) is 13.0. The summed E-state index contributed by atoms with van der Waals surface area (Å²) in [6.45, 7) is 2.08. The highest BCUT2D eigenvalue weighted by molar-refractivity contribution is 7.80. The van der Waals surface area contributed by atoms with Gasteiger partial charge in [-0.25, -0.2) is 4.79 Å². The minimum atomic E-state index is -1.14. The van der Waals surface area contributed by atoms with Gasteiger partial charge in [-0.3, -0.25) is 19.7 Å². The molecule has 0 heterocycles. The maximum Gasteiger partial charge on any atom is 0.326 e. The molecular formula is C23H25N3O8S. The smallest absolute Gasteiger partial charge is 0.326 e. The molecule has 0 aromatic heterocycles. The van der Waals surface area contributed by atoms with Crippen LogP contribution >= 0.6 is 12.2 Å². The molecule has 2 rings (SSSR count). The van der Waals surface area contributed by atoms with Crippen molar-refractivity contribution in [1.29, 1.82) is 0 Å². The van der Waals surface area contributed by atoms with Crippen LogP contribution in [0.2, 0.25) is 0 Å². The van der Waals surface area contributed by atoms with Gasteiger partial charge in [0.25, 0.3) is 5.69 Å². The Hall–Kier alpha value is -4.06. The SMILES string of the molecule is CC(=O)OC[C@H](NC(=S)N[C@@H](Cc1ccccc1)C(=O)O)[C@@H](OC(C)=O)c1ccc([N+](=O)[O-])cc1. The van der Waals surface area contributed by atoms with Crippen LogP contribution in [0.5, 0.6) is 0 Å². The fourth-order valence-corrected chi connectivity index (χ4v) is 3.47. The maximum absolute atomic E-state index is 11.8. The van der Waals surface area contributed by atoms with Crippen molar-refractivity contribution in [1.82, 2.24) is 10.6 Å². The van der Waals surface area contributed by atoms with Gasteiger partial charge in [0, 0.05) is 32.4 Å². The number of non-ortho nitro benzene ring substituents is 1. The molecule has 0 saturated heterocycles. The van der Waals surface area contributed by atoms with Gasteiger partial charge in [0.15, 0.2) is 11.2 Å². The summed E-state index contributed by atoms with van der Waals surface area (Å²) in [7, 11) is 0. The third-order valence-electron chi connectivity index (χ3n) is 4.76. The van der Waals surface area contributed by atoms with Crippen LogP contribution < -0.4 is 10.6 Å². The van der Waals surface area contributed by atoms with Crippen molar-refractivity contribution in [3.63, 3.8) is 0 Å². The van der Waals surface area contributed by atoms with E-state index in [0.717, 1.165) is 5.56 Å². The molecule has 12 heteroatoms. The number of thiocarbonyl (C=S) groups is 1. The Morgan fingerprint density at radius 1 is 1.03 bits per heavy atom. The zero-order chi connectivity index (χ0) is 26.0. The van der Waals surface area contributed by atoms with Crippen LogP contribution in [0.15, 0.2) is 54.6 Å². The first-order valence-corrected chi connectivity index (χ1v) is 10.9.